The molecule has 1 heterocycles. The standard InChI is InChI=1S/C14H22N2O6/c1-6-21-12(18)15-8-9-16(13(19)22-7-2)10(15)14(3,4)11(17)20-5/h8-10H,6-7H2,1-5H3. The van der Waals surface area contributed by atoms with Crippen molar-refractivity contribution >= 4 is 18.2 Å². The van der Waals surface area contributed by atoms with Crippen LogP contribution >= 0.6 is 0 Å². The van der Waals surface area contributed by atoms with E-state index in [0.717, 1.165) is 0 Å². The lowest BCUT2D eigenvalue weighted by Crippen LogP contribution is -2.56. The highest BCUT2D eigenvalue weighted by Crippen LogP contribution is 2.34. The van der Waals surface area contributed by atoms with Crippen LogP contribution in [-0.4, -0.2) is 54.4 Å². The van der Waals surface area contributed by atoms with Gasteiger partial charge in [-0.15, -0.1) is 0 Å². The van der Waals surface area contributed by atoms with E-state index in [9.17, 15) is 14.4 Å². The van der Waals surface area contributed by atoms with Crippen molar-refractivity contribution in [3.8, 4) is 0 Å². The lowest BCUT2D eigenvalue weighted by atomic mass is 9.88. The molecule has 8 nitrogen and oxygen atoms in total. The first-order chi connectivity index (χ1) is 10.3. The Morgan fingerprint density at radius 3 is 1.73 bits per heavy atom. The van der Waals surface area contributed by atoms with Crippen LogP contribution in [0.3, 0.4) is 0 Å². The van der Waals surface area contributed by atoms with Gasteiger partial charge in [-0.25, -0.2) is 9.59 Å². The topological polar surface area (TPSA) is 85.4 Å². The Bertz CT molecular complexity index is 446. The number of hydrogen-bond acceptors (Lipinski definition) is 6. The monoisotopic (exact) mass is 314 g/mol. The summed E-state index contributed by atoms with van der Waals surface area (Å²) in [6, 6.07) is 0. The highest BCUT2D eigenvalue weighted by atomic mass is 16.6. The first kappa shape index (κ1) is 17.8. The molecule has 0 aromatic heterocycles. The maximum Gasteiger partial charge on any atom is 0.415 e. The number of ether oxygens (including phenoxy) is 3. The van der Waals surface area contributed by atoms with Crippen LogP contribution in [0.2, 0.25) is 0 Å². The van der Waals surface area contributed by atoms with Gasteiger partial charge in [0.2, 0.25) is 0 Å². The first-order valence-electron chi connectivity index (χ1n) is 6.98. The number of carbonyl (C=O) groups excluding carboxylic acids is 3. The number of methoxy groups -OCH3 is 1. The zero-order chi connectivity index (χ0) is 16.9. The summed E-state index contributed by atoms with van der Waals surface area (Å²) in [4.78, 5) is 38.5. The smallest absolute Gasteiger partial charge is 0.415 e. The van der Waals surface area contributed by atoms with Gasteiger partial charge in [0.15, 0.2) is 0 Å². The van der Waals surface area contributed by atoms with Crippen LogP contribution in [0.25, 0.3) is 0 Å². The Balaban J connectivity index is 3.16. The van der Waals surface area contributed by atoms with Crippen molar-refractivity contribution < 1.29 is 28.6 Å². The van der Waals surface area contributed by atoms with Crippen molar-refractivity contribution in [2.24, 2.45) is 5.41 Å². The van der Waals surface area contributed by atoms with Gasteiger partial charge in [-0.1, -0.05) is 0 Å². The van der Waals surface area contributed by atoms with Crippen molar-refractivity contribution in [2.75, 3.05) is 20.3 Å². The summed E-state index contributed by atoms with van der Waals surface area (Å²) in [5.74, 6) is -0.565. The summed E-state index contributed by atoms with van der Waals surface area (Å²) in [5, 5.41) is 0. The Kier molecular flexibility index (Phi) is 5.78. The first-order valence-corrected chi connectivity index (χ1v) is 6.98. The van der Waals surface area contributed by atoms with Gasteiger partial charge in [0.05, 0.1) is 20.3 Å². The van der Waals surface area contributed by atoms with E-state index < -0.39 is 29.7 Å². The molecule has 0 N–H and O–H groups in total. The van der Waals surface area contributed by atoms with E-state index in [1.807, 2.05) is 0 Å². The lowest BCUT2D eigenvalue weighted by molar-refractivity contribution is -0.156. The molecule has 0 aromatic carbocycles. The van der Waals surface area contributed by atoms with Crippen LogP contribution in [0.15, 0.2) is 12.4 Å². The molecule has 0 fully saturated rings. The molecule has 1 aliphatic rings. The fourth-order valence-corrected chi connectivity index (χ4v) is 2.22. The predicted octanol–water partition coefficient (Wildman–Crippen LogP) is 1.91. The van der Waals surface area contributed by atoms with Gasteiger partial charge in [0.25, 0.3) is 0 Å². The second-order valence-electron chi connectivity index (χ2n) is 5.10. The number of esters is 1. The third-order valence-electron chi connectivity index (χ3n) is 3.23. The van der Waals surface area contributed by atoms with Gasteiger partial charge in [0, 0.05) is 12.4 Å². The molecule has 0 atom stereocenters. The Morgan fingerprint density at radius 1 is 1.00 bits per heavy atom. The van der Waals surface area contributed by atoms with Crippen molar-refractivity contribution in [3.05, 3.63) is 12.4 Å². The van der Waals surface area contributed by atoms with Crippen LogP contribution in [-0.2, 0) is 19.0 Å². The molecular formula is C14H22N2O6. The van der Waals surface area contributed by atoms with Crippen LogP contribution in [0.5, 0.6) is 0 Å². The van der Waals surface area contributed by atoms with Gasteiger partial charge in [-0.2, -0.15) is 0 Å². The molecule has 0 saturated heterocycles. The third-order valence-corrected chi connectivity index (χ3v) is 3.23. The van der Waals surface area contributed by atoms with Crippen molar-refractivity contribution in [2.45, 2.75) is 33.9 Å². The fraction of sp³-hybridized carbons (Fsp3) is 0.643. The molecular weight excluding hydrogens is 292 g/mol. The maximum atomic E-state index is 12.1. The molecule has 22 heavy (non-hydrogen) atoms. The van der Waals surface area contributed by atoms with Crippen molar-refractivity contribution in [1.29, 1.82) is 0 Å². The van der Waals surface area contributed by atoms with Crippen molar-refractivity contribution in [1.82, 2.24) is 9.80 Å². The zero-order valence-corrected chi connectivity index (χ0v) is 13.5. The fourth-order valence-electron chi connectivity index (χ4n) is 2.22. The highest BCUT2D eigenvalue weighted by molar-refractivity contribution is 5.81. The van der Waals surface area contributed by atoms with E-state index in [1.54, 1.807) is 27.7 Å². The third kappa shape index (κ3) is 3.32. The van der Waals surface area contributed by atoms with Gasteiger partial charge < -0.3 is 14.2 Å². The van der Waals surface area contributed by atoms with E-state index in [-0.39, 0.29) is 13.2 Å². The average Bonchev–Trinajstić information content (AvgIpc) is 2.92. The highest BCUT2D eigenvalue weighted by Gasteiger charge is 2.50. The van der Waals surface area contributed by atoms with E-state index in [2.05, 4.69) is 0 Å². The summed E-state index contributed by atoms with van der Waals surface area (Å²) in [6.07, 6.45) is 0.507. The molecule has 0 radical (unpaired) electrons. The van der Waals surface area contributed by atoms with Gasteiger partial charge in [-0.05, 0) is 27.7 Å². The SMILES string of the molecule is CCOC(=O)N1C=CN(C(=O)OCC)C1C(C)(C)C(=O)OC. The molecule has 1 aliphatic heterocycles. The molecule has 124 valence electrons. The number of carbonyl (C=O) groups is 3. The summed E-state index contributed by atoms with van der Waals surface area (Å²) in [7, 11) is 1.25. The Hall–Kier alpha value is -2.25. The van der Waals surface area contributed by atoms with Crippen LogP contribution in [0.4, 0.5) is 9.59 Å². The Morgan fingerprint density at radius 2 is 1.41 bits per heavy atom. The molecule has 0 spiro atoms. The van der Waals surface area contributed by atoms with Gasteiger partial charge >= 0.3 is 18.2 Å². The van der Waals surface area contributed by atoms with Gasteiger partial charge in [-0.3, -0.25) is 14.6 Å². The van der Waals surface area contributed by atoms with Crippen LogP contribution < -0.4 is 0 Å². The number of amides is 2. The lowest BCUT2D eigenvalue weighted by Gasteiger charge is -2.38. The molecule has 8 heteroatoms. The van der Waals surface area contributed by atoms with Crippen LogP contribution in [0, 0.1) is 5.41 Å². The number of hydrogen-bond donors (Lipinski definition) is 0. The summed E-state index contributed by atoms with van der Waals surface area (Å²) < 4.78 is 14.7. The van der Waals surface area contributed by atoms with Crippen LogP contribution in [0.1, 0.15) is 27.7 Å². The van der Waals surface area contributed by atoms with Gasteiger partial charge in [0.1, 0.15) is 11.6 Å². The summed E-state index contributed by atoms with van der Waals surface area (Å²) >= 11 is 0. The molecule has 0 saturated carbocycles. The maximum absolute atomic E-state index is 12.1. The van der Waals surface area contributed by atoms with E-state index in [4.69, 9.17) is 14.2 Å². The molecule has 0 aromatic rings. The molecule has 0 bridgehead atoms. The average molecular weight is 314 g/mol. The number of rotatable bonds is 4. The minimum absolute atomic E-state index is 0.175. The van der Waals surface area contributed by atoms with Crippen molar-refractivity contribution in [3.63, 3.8) is 0 Å². The van der Waals surface area contributed by atoms with E-state index >= 15 is 0 Å². The zero-order valence-electron chi connectivity index (χ0n) is 13.5. The Labute approximate surface area is 129 Å². The molecule has 2 amide bonds. The largest absolute Gasteiger partial charge is 0.468 e. The quantitative estimate of drug-likeness (QED) is 0.582. The molecule has 0 unspecified atom stereocenters. The normalized spacial score (nSPS) is 15.0. The predicted molar refractivity (Wildman–Crippen MR) is 76.4 cm³/mol. The summed E-state index contributed by atoms with van der Waals surface area (Å²) in [6.45, 7) is 6.84. The minimum Gasteiger partial charge on any atom is -0.468 e. The minimum atomic E-state index is -1.18. The molecule has 1 rings (SSSR count). The second-order valence-corrected chi connectivity index (χ2v) is 5.10. The second kappa shape index (κ2) is 7.15. The summed E-state index contributed by atoms with van der Waals surface area (Å²) in [5.41, 5.74) is -1.18. The number of nitrogens with zero attached hydrogens (tertiary/aromatic N) is 2. The molecule has 0 aliphatic carbocycles. The van der Waals surface area contributed by atoms with E-state index in [1.165, 1.54) is 29.3 Å². The van der Waals surface area contributed by atoms with E-state index in [0.29, 0.717) is 0 Å².